The summed E-state index contributed by atoms with van der Waals surface area (Å²) in [5, 5.41) is 9.55. The number of carboxylic acids is 1. The van der Waals surface area contributed by atoms with E-state index in [2.05, 4.69) is 6.07 Å². The first-order chi connectivity index (χ1) is 9.47. The van der Waals surface area contributed by atoms with Crippen molar-refractivity contribution in [2.24, 2.45) is 0 Å². The lowest BCUT2D eigenvalue weighted by Gasteiger charge is -2.16. The third-order valence-electron chi connectivity index (χ3n) is 3.62. The van der Waals surface area contributed by atoms with Crippen molar-refractivity contribution in [2.75, 3.05) is 0 Å². The first kappa shape index (κ1) is 14.3. The Labute approximate surface area is 120 Å². The summed E-state index contributed by atoms with van der Waals surface area (Å²) in [5.74, 6) is -1.25. The van der Waals surface area contributed by atoms with Crippen LogP contribution in [0.25, 0.3) is 0 Å². The fourth-order valence-corrected chi connectivity index (χ4v) is 2.62. The largest absolute Gasteiger partial charge is 0.481 e. The summed E-state index contributed by atoms with van der Waals surface area (Å²) >= 11 is 0. The number of carbonyl (C=O) groups is 1. The van der Waals surface area contributed by atoms with Crippen molar-refractivity contribution in [1.29, 1.82) is 0 Å². The average molecular weight is 268 g/mol. The molecule has 2 nitrogen and oxygen atoms in total. The van der Waals surface area contributed by atoms with Gasteiger partial charge in [0.05, 0.1) is 5.92 Å². The van der Waals surface area contributed by atoms with Gasteiger partial charge in [-0.15, -0.1) is 0 Å². The first-order valence-electron chi connectivity index (χ1n) is 6.83. The predicted octanol–water partition coefficient (Wildman–Crippen LogP) is 4.02. The molecule has 0 aliphatic heterocycles. The molecule has 0 heterocycles. The van der Waals surface area contributed by atoms with E-state index in [1.165, 1.54) is 0 Å². The Morgan fingerprint density at radius 1 is 1.05 bits per heavy atom. The van der Waals surface area contributed by atoms with E-state index in [-0.39, 0.29) is 0 Å². The van der Waals surface area contributed by atoms with Crippen LogP contribution in [0.15, 0.2) is 42.5 Å². The molecule has 2 aromatic carbocycles. The monoisotopic (exact) mass is 268 g/mol. The quantitative estimate of drug-likeness (QED) is 0.909. The van der Waals surface area contributed by atoms with E-state index in [4.69, 9.17) is 0 Å². The van der Waals surface area contributed by atoms with E-state index < -0.39 is 11.9 Å². The Kier molecular flexibility index (Phi) is 4.23. The van der Waals surface area contributed by atoms with Gasteiger partial charge in [-0.1, -0.05) is 53.6 Å². The minimum Gasteiger partial charge on any atom is -0.481 e. The van der Waals surface area contributed by atoms with Crippen LogP contribution < -0.4 is 0 Å². The van der Waals surface area contributed by atoms with Crippen molar-refractivity contribution in [1.82, 2.24) is 0 Å². The van der Waals surface area contributed by atoms with Gasteiger partial charge < -0.3 is 5.11 Å². The Bertz CT molecular complexity index is 629. The second kappa shape index (κ2) is 5.91. The van der Waals surface area contributed by atoms with Gasteiger partial charge in [0.2, 0.25) is 0 Å². The minimum absolute atomic E-state index is 0.489. The zero-order chi connectivity index (χ0) is 14.7. The summed E-state index contributed by atoms with van der Waals surface area (Å²) in [6.07, 6.45) is 0.529. The molecule has 0 radical (unpaired) electrons. The average Bonchev–Trinajstić information content (AvgIpc) is 2.36. The zero-order valence-electron chi connectivity index (χ0n) is 12.2. The maximum Gasteiger partial charge on any atom is 0.311 e. The highest BCUT2D eigenvalue weighted by molar-refractivity contribution is 5.77. The van der Waals surface area contributed by atoms with Gasteiger partial charge in [0.15, 0.2) is 0 Å². The maximum absolute atomic E-state index is 11.6. The van der Waals surface area contributed by atoms with Crippen LogP contribution in [0.3, 0.4) is 0 Å². The van der Waals surface area contributed by atoms with Crippen molar-refractivity contribution < 1.29 is 9.90 Å². The molecule has 0 aliphatic rings. The van der Waals surface area contributed by atoms with Crippen LogP contribution in [-0.4, -0.2) is 11.1 Å². The molecule has 2 heteroatoms. The molecule has 2 rings (SSSR count). The second-order valence-corrected chi connectivity index (χ2v) is 5.44. The van der Waals surface area contributed by atoms with Crippen LogP contribution in [0.5, 0.6) is 0 Å². The van der Waals surface area contributed by atoms with E-state index in [1.54, 1.807) is 0 Å². The molecule has 1 atom stereocenters. The molecule has 0 aromatic heterocycles. The Morgan fingerprint density at radius 2 is 1.75 bits per heavy atom. The molecule has 0 saturated carbocycles. The topological polar surface area (TPSA) is 37.3 Å². The zero-order valence-corrected chi connectivity index (χ0v) is 12.2. The third-order valence-corrected chi connectivity index (χ3v) is 3.62. The van der Waals surface area contributed by atoms with Gasteiger partial charge in [-0.2, -0.15) is 0 Å². The number of hydrogen-bond donors (Lipinski definition) is 1. The van der Waals surface area contributed by atoms with Gasteiger partial charge in [0.1, 0.15) is 0 Å². The summed E-state index contributed by atoms with van der Waals surface area (Å²) in [6, 6.07) is 14.0. The molecule has 1 N–H and O–H groups in total. The second-order valence-electron chi connectivity index (χ2n) is 5.44. The highest BCUT2D eigenvalue weighted by atomic mass is 16.4. The van der Waals surface area contributed by atoms with Gasteiger partial charge in [-0.05, 0) is 43.9 Å². The van der Waals surface area contributed by atoms with Crippen molar-refractivity contribution in [3.63, 3.8) is 0 Å². The van der Waals surface area contributed by atoms with Crippen LogP contribution in [0, 0.1) is 20.8 Å². The molecule has 0 spiro atoms. The number of hydrogen-bond acceptors (Lipinski definition) is 1. The van der Waals surface area contributed by atoms with E-state index in [1.807, 2.05) is 57.2 Å². The van der Waals surface area contributed by atoms with Crippen LogP contribution in [0.2, 0.25) is 0 Å². The van der Waals surface area contributed by atoms with Gasteiger partial charge >= 0.3 is 5.97 Å². The predicted molar refractivity (Wildman–Crippen MR) is 81.2 cm³/mol. The number of carboxylic acid groups (broad SMARTS) is 1. The lowest BCUT2D eigenvalue weighted by atomic mass is 9.88. The van der Waals surface area contributed by atoms with Crippen LogP contribution >= 0.6 is 0 Å². The minimum atomic E-state index is -0.765. The Hall–Kier alpha value is -2.09. The van der Waals surface area contributed by atoms with Crippen LogP contribution in [0.4, 0.5) is 0 Å². The van der Waals surface area contributed by atoms with Crippen LogP contribution in [-0.2, 0) is 11.2 Å². The fourth-order valence-electron chi connectivity index (χ4n) is 2.62. The van der Waals surface area contributed by atoms with Gasteiger partial charge in [-0.25, -0.2) is 0 Å². The van der Waals surface area contributed by atoms with E-state index in [9.17, 15) is 9.90 Å². The molecule has 0 bridgehead atoms. The summed E-state index contributed by atoms with van der Waals surface area (Å²) in [4.78, 5) is 11.6. The smallest absolute Gasteiger partial charge is 0.311 e. The standard InChI is InChI=1S/C18H20O2/c1-12-5-4-6-15(10-12)11-17(18(19)20)16-8-7-13(2)9-14(16)3/h4-10,17H,11H2,1-3H3,(H,19,20). The molecule has 2 aromatic rings. The SMILES string of the molecule is Cc1cccc(CC(C(=O)O)c2ccc(C)cc2C)c1. The molecule has 20 heavy (non-hydrogen) atoms. The summed E-state index contributed by atoms with van der Waals surface area (Å²) in [6.45, 7) is 6.03. The van der Waals surface area contributed by atoms with Crippen molar-refractivity contribution in [2.45, 2.75) is 33.1 Å². The van der Waals surface area contributed by atoms with Gasteiger partial charge in [0, 0.05) is 0 Å². The maximum atomic E-state index is 11.6. The molecule has 0 saturated heterocycles. The normalized spacial score (nSPS) is 12.2. The molecule has 1 unspecified atom stereocenters. The first-order valence-corrected chi connectivity index (χ1v) is 6.83. The van der Waals surface area contributed by atoms with Gasteiger partial charge in [0.25, 0.3) is 0 Å². The van der Waals surface area contributed by atoms with Crippen LogP contribution in [0.1, 0.15) is 33.7 Å². The number of aliphatic carboxylic acids is 1. The number of rotatable bonds is 4. The molecule has 104 valence electrons. The highest BCUT2D eigenvalue weighted by Crippen LogP contribution is 2.25. The molecular formula is C18H20O2. The van der Waals surface area contributed by atoms with E-state index in [0.29, 0.717) is 6.42 Å². The van der Waals surface area contributed by atoms with Crippen molar-refractivity contribution in [3.05, 3.63) is 70.3 Å². The summed E-state index contributed by atoms with van der Waals surface area (Å²) in [5.41, 5.74) is 5.34. The fraction of sp³-hybridized carbons (Fsp3) is 0.278. The molecular weight excluding hydrogens is 248 g/mol. The van der Waals surface area contributed by atoms with Crippen molar-refractivity contribution >= 4 is 5.97 Å². The number of aryl methyl sites for hydroxylation is 3. The lowest BCUT2D eigenvalue weighted by Crippen LogP contribution is -2.15. The highest BCUT2D eigenvalue weighted by Gasteiger charge is 2.22. The molecule has 0 aliphatic carbocycles. The van der Waals surface area contributed by atoms with Gasteiger partial charge in [-0.3, -0.25) is 4.79 Å². The Morgan fingerprint density at radius 3 is 2.35 bits per heavy atom. The van der Waals surface area contributed by atoms with E-state index >= 15 is 0 Å². The summed E-state index contributed by atoms with van der Waals surface area (Å²) < 4.78 is 0. The summed E-state index contributed by atoms with van der Waals surface area (Å²) in [7, 11) is 0. The van der Waals surface area contributed by atoms with E-state index in [0.717, 1.165) is 27.8 Å². The third kappa shape index (κ3) is 3.27. The molecule has 0 fully saturated rings. The molecule has 0 amide bonds. The lowest BCUT2D eigenvalue weighted by molar-refractivity contribution is -0.138. The number of benzene rings is 2. The Balaban J connectivity index is 2.34. The van der Waals surface area contributed by atoms with Crippen molar-refractivity contribution in [3.8, 4) is 0 Å².